The predicted octanol–water partition coefficient (Wildman–Crippen LogP) is 4.98. The summed E-state index contributed by atoms with van der Waals surface area (Å²) in [6, 6.07) is 0. The highest BCUT2D eigenvalue weighted by Gasteiger charge is 2.53. The molecule has 1 heterocycles. The third-order valence-electron chi connectivity index (χ3n) is 4.40. The van der Waals surface area contributed by atoms with Gasteiger partial charge in [-0.25, -0.2) is 0 Å². The van der Waals surface area contributed by atoms with Gasteiger partial charge in [0, 0.05) is 0 Å². The second kappa shape index (κ2) is 7.33. The molecule has 0 aromatic rings. The molecule has 0 aliphatic carbocycles. The van der Waals surface area contributed by atoms with Gasteiger partial charge in [0.25, 0.3) is 0 Å². The first-order chi connectivity index (χ1) is 8.80. The smallest absolute Gasteiger partial charge is 0.402 e. The Bertz CT molecular complexity index is 253. The Labute approximate surface area is 124 Å². The van der Waals surface area contributed by atoms with E-state index in [1.165, 1.54) is 38.5 Å². The summed E-state index contributed by atoms with van der Waals surface area (Å²) in [6.07, 6.45) is 8.73. The SMILES string of the molecule is CCCCCCCCC(Cl)B1OC(C)(C)C(C)(C)O1. The van der Waals surface area contributed by atoms with Gasteiger partial charge in [0.1, 0.15) is 0 Å². The van der Waals surface area contributed by atoms with Gasteiger partial charge in [0.15, 0.2) is 0 Å². The largest absolute Gasteiger partial charge is 0.476 e. The molecule has 0 saturated carbocycles. The summed E-state index contributed by atoms with van der Waals surface area (Å²) in [6.45, 7) is 10.5. The summed E-state index contributed by atoms with van der Waals surface area (Å²) in [4.78, 5) is 0. The fourth-order valence-electron chi connectivity index (χ4n) is 2.29. The summed E-state index contributed by atoms with van der Waals surface area (Å²) in [5.74, 6) is 0. The molecular weight excluding hydrogens is 258 g/mol. The normalized spacial score (nSPS) is 22.7. The van der Waals surface area contributed by atoms with E-state index in [1.54, 1.807) is 0 Å². The Morgan fingerprint density at radius 3 is 1.89 bits per heavy atom. The molecule has 0 aromatic carbocycles. The highest BCUT2D eigenvalue weighted by molar-refractivity contribution is 6.59. The van der Waals surface area contributed by atoms with E-state index in [2.05, 4.69) is 34.6 Å². The molecule has 19 heavy (non-hydrogen) atoms. The van der Waals surface area contributed by atoms with Crippen molar-refractivity contribution < 1.29 is 9.31 Å². The van der Waals surface area contributed by atoms with E-state index in [0.29, 0.717) is 0 Å². The molecule has 0 N–H and O–H groups in total. The number of halogens is 1. The Hall–Kier alpha value is 0.275. The molecule has 0 amide bonds. The van der Waals surface area contributed by atoms with Crippen molar-refractivity contribution in [2.75, 3.05) is 0 Å². The van der Waals surface area contributed by atoms with Crippen molar-refractivity contribution in [3.05, 3.63) is 0 Å². The molecule has 1 fully saturated rings. The number of rotatable bonds is 8. The maximum atomic E-state index is 6.43. The van der Waals surface area contributed by atoms with Crippen molar-refractivity contribution in [2.45, 2.75) is 96.0 Å². The van der Waals surface area contributed by atoms with Crippen LogP contribution >= 0.6 is 11.6 Å². The molecule has 1 rings (SSSR count). The average Bonchev–Trinajstić information content (AvgIpc) is 2.53. The maximum absolute atomic E-state index is 6.43. The summed E-state index contributed by atoms with van der Waals surface area (Å²) in [7, 11) is -0.262. The Balaban J connectivity index is 2.23. The minimum absolute atomic E-state index is 0.0350. The number of alkyl halides is 1. The van der Waals surface area contributed by atoms with Crippen LogP contribution in [0.5, 0.6) is 0 Å². The van der Waals surface area contributed by atoms with Gasteiger partial charge in [-0.05, 0) is 34.1 Å². The van der Waals surface area contributed by atoms with Crippen LogP contribution in [0.2, 0.25) is 0 Å². The van der Waals surface area contributed by atoms with Crippen molar-refractivity contribution in [2.24, 2.45) is 0 Å². The summed E-state index contributed by atoms with van der Waals surface area (Å²) < 4.78 is 11.9. The maximum Gasteiger partial charge on any atom is 0.476 e. The van der Waals surface area contributed by atoms with Crippen molar-refractivity contribution in [3.63, 3.8) is 0 Å². The van der Waals surface area contributed by atoms with E-state index >= 15 is 0 Å². The molecule has 0 aromatic heterocycles. The zero-order valence-corrected chi connectivity index (χ0v) is 14.1. The van der Waals surface area contributed by atoms with Crippen LogP contribution in [0.3, 0.4) is 0 Å². The fraction of sp³-hybridized carbons (Fsp3) is 1.00. The van der Waals surface area contributed by atoms with E-state index in [0.717, 1.165) is 6.42 Å². The highest BCUT2D eigenvalue weighted by Crippen LogP contribution is 2.39. The molecule has 2 nitrogen and oxygen atoms in total. The summed E-state index contributed by atoms with van der Waals surface area (Å²) in [5.41, 5.74) is -0.544. The van der Waals surface area contributed by atoms with Crippen LogP contribution in [-0.2, 0) is 9.31 Å². The Morgan fingerprint density at radius 1 is 0.895 bits per heavy atom. The van der Waals surface area contributed by atoms with Crippen molar-refractivity contribution >= 4 is 18.7 Å². The zero-order valence-electron chi connectivity index (χ0n) is 13.3. The van der Waals surface area contributed by atoms with Gasteiger partial charge in [0.2, 0.25) is 0 Å². The van der Waals surface area contributed by atoms with Crippen molar-refractivity contribution in [1.29, 1.82) is 0 Å². The first-order valence-electron chi connectivity index (χ1n) is 7.80. The lowest BCUT2D eigenvalue weighted by molar-refractivity contribution is 0.00578. The third kappa shape index (κ3) is 4.95. The van der Waals surface area contributed by atoms with E-state index in [4.69, 9.17) is 20.9 Å². The molecule has 4 heteroatoms. The topological polar surface area (TPSA) is 18.5 Å². The van der Waals surface area contributed by atoms with Crippen LogP contribution in [0.1, 0.15) is 79.6 Å². The lowest BCUT2D eigenvalue weighted by Crippen LogP contribution is -2.41. The molecule has 112 valence electrons. The molecule has 1 aliphatic rings. The lowest BCUT2D eigenvalue weighted by atomic mass is 9.81. The standard InChI is InChI=1S/C15H30BClO2/c1-6-7-8-9-10-11-12-13(17)16-18-14(2,3)15(4,5)19-16/h13H,6-12H2,1-5H3. The highest BCUT2D eigenvalue weighted by atomic mass is 35.5. The minimum atomic E-state index is -0.272. The molecule has 1 atom stereocenters. The Morgan fingerprint density at radius 2 is 1.37 bits per heavy atom. The zero-order chi connectivity index (χ0) is 14.5. The molecule has 0 spiro atoms. The summed E-state index contributed by atoms with van der Waals surface area (Å²) in [5, 5.41) is -0.0350. The molecule has 0 radical (unpaired) electrons. The van der Waals surface area contributed by atoms with E-state index in [9.17, 15) is 0 Å². The van der Waals surface area contributed by atoms with Crippen molar-refractivity contribution in [1.82, 2.24) is 0 Å². The summed E-state index contributed by atoms with van der Waals surface area (Å²) >= 11 is 6.43. The number of unbranched alkanes of at least 4 members (excludes halogenated alkanes) is 5. The van der Waals surface area contributed by atoms with Gasteiger partial charge in [-0.3, -0.25) is 0 Å². The van der Waals surface area contributed by atoms with E-state index in [-0.39, 0.29) is 23.6 Å². The Kier molecular flexibility index (Phi) is 6.69. The van der Waals surface area contributed by atoms with Gasteiger partial charge < -0.3 is 9.31 Å². The van der Waals surface area contributed by atoms with E-state index in [1.807, 2.05) is 0 Å². The van der Waals surface area contributed by atoms with Gasteiger partial charge >= 0.3 is 7.12 Å². The van der Waals surface area contributed by atoms with Crippen LogP contribution in [-0.4, -0.2) is 23.6 Å². The third-order valence-corrected chi connectivity index (χ3v) is 4.82. The minimum Gasteiger partial charge on any atom is -0.402 e. The van der Waals surface area contributed by atoms with Gasteiger partial charge in [-0.2, -0.15) is 0 Å². The van der Waals surface area contributed by atoms with Crippen LogP contribution in [0.15, 0.2) is 0 Å². The molecule has 0 bridgehead atoms. The van der Waals surface area contributed by atoms with E-state index < -0.39 is 0 Å². The average molecular weight is 289 g/mol. The van der Waals surface area contributed by atoms with Crippen LogP contribution in [0.25, 0.3) is 0 Å². The van der Waals surface area contributed by atoms with Gasteiger partial charge in [-0.1, -0.05) is 45.4 Å². The quantitative estimate of drug-likeness (QED) is 0.356. The van der Waals surface area contributed by atoms with Crippen molar-refractivity contribution in [3.8, 4) is 0 Å². The molecule has 1 unspecified atom stereocenters. The second-order valence-corrected chi connectivity index (χ2v) is 7.26. The van der Waals surface area contributed by atoms with Crippen LogP contribution < -0.4 is 0 Å². The van der Waals surface area contributed by atoms with Gasteiger partial charge in [0.05, 0.1) is 16.5 Å². The number of hydrogen-bond acceptors (Lipinski definition) is 2. The first kappa shape index (κ1) is 17.3. The molecule has 1 aliphatic heterocycles. The predicted molar refractivity (Wildman–Crippen MR) is 83.7 cm³/mol. The number of hydrogen-bond donors (Lipinski definition) is 0. The fourth-order valence-corrected chi connectivity index (χ4v) is 2.55. The second-order valence-electron chi connectivity index (χ2n) is 6.70. The molecule has 1 saturated heterocycles. The lowest BCUT2D eigenvalue weighted by Gasteiger charge is -2.32. The first-order valence-corrected chi connectivity index (χ1v) is 8.23. The molecular formula is C15H30BClO2. The van der Waals surface area contributed by atoms with Gasteiger partial charge in [-0.15, -0.1) is 11.6 Å². The van der Waals surface area contributed by atoms with Crippen LogP contribution in [0.4, 0.5) is 0 Å². The monoisotopic (exact) mass is 288 g/mol. The van der Waals surface area contributed by atoms with Crippen LogP contribution in [0, 0.1) is 0 Å².